The molecule has 0 amide bonds. The monoisotopic (exact) mass is 205 g/mol. The minimum absolute atomic E-state index is 0.653. The Labute approximate surface area is 69.8 Å². The van der Waals surface area contributed by atoms with Crippen LogP contribution in [0.5, 0.6) is 0 Å². The molecule has 0 aliphatic heterocycles. The molecule has 0 aliphatic carbocycles. The molecule has 0 fully saturated rings. The molecule has 10 heavy (non-hydrogen) atoms. The molecular formula is C7H12BrNO. The van der Waals surface area contributed by atoms with E-state index in [1.54, 1.807) is 0 Å². The summed E-state index contributed by atoms with van der Waals surface area (Å²) in [7, 11) is 0. The minimum atomic E-state index is 0.653. The van der Waals surface area contributed by atoms with E-state index in [1.807, 2.05) is 6.08 Å². The molecule has 3 heteroatoms. The van der Waals surface area contributed by atoms with Gasteiger partial charge in [-0.15, -0.1) is 6.58 Å². The van der Waals surface area contributed by atoms with Crippen molar-refractivity contribution in [2.75, 3.05) is 5.33 Å². The molecule has 0 atom stereocenters. The van der Waals surface area contributed by atoms with Crippen LogP contribution in [0.4, 0.5) is 0 Å². The molecule has 0 saturated heterocycles. The number of oxime groups is 1. The highest BCUT2D eigenvalue weighted by atomic mass is 79.9. The predicted octanol–water partition coefficient (Wildman–Crippen LogP) is 2.57. The van der Waals surface area contributed by atoms with Gasteiger partial charge in [0.15, 0.2) is 0 Å². The Morgan fingerprint density at radius 2 is 2.40 bits per heavy atom. The molecule has 1 N–H and O–H groups in total. The average Bonchev–Trinajstić information content (AvgIpc) is 1.99. The molecule has 0 radical (unpaired) electrons. The molecule has 2 nitrogen and oxygen atoms in total. The van der Waals surface area contributed by atoms with E-state index in [-0.39, 0.29) is 0 Å². The van der Waals surface area contributed by atoms with Crippen molar-refractivity contribution in [3.8, 4) is 0 Å². The van der Waals surface area contributed by atoms with Crippen LogP contribution < -0.4 is 0 Å². The summed E-state index contributed by atoms with van der Waals surface area (Å²) >= 11 is 3.21. The van der Waals surface area contributed by atoms with E-state index >= 15 is 0 Å². The summed E-state index contributed by atoms with van der Waals surface area (Å²) in [4.78, 5) is 0. The maximum atomic E-state index is 8.36. The Bertz CT molecular complexity index is 123. The molecule has 58 valence electrons. The third kappa shape index (κ3) is 4.56. The van der Waals surface area contributed by atoms with Crippen molar-refractivity contribution in [2.24, 2.45) is 5.16 Å². The first kappa shape index (κ1) is 9.69. The van der Waals surface area contributed by atoms with Crippen molar-refractivity contribution in [1.29, 1.82) is 0 Å². The topological polar surface area (TPSA) is 32.6 Å². The fraction of sp³-hybridized carbons (Fsp3) is 0.571. The molecule has 0 heterocycles. The van der Waals surface area contributed by atoms with Crippen molar-refractivity contribution >= 4 is 21.6 Å². The van der Waals surface area contributed by atoms with E-state index in [0.29, 0.717) is 5.33 Å². The van der Waals surface area contributed by atoms with Crippen molar-refractivity contribution < 1.29 is 5.21 Å². The minimum Gasteiger partial charge on any atom is -0.411 e. The van der Waals surface area contributed by atoms with Gasteiger partial charge in [0.25, 0.3) is 0 Å². The maximum Gasteiger partial charge on any atom is 0.0676 e. The summed E-state index contributed by atoms with van der Waals surface area (Å²) in [6.07, 6.45) is 4.69. The Hall–Kier alpha value is -0.310. The molecular weight excluding hydrogens is 194 g/mol. The first-order valence-electron chi connectivity index (χ1n) is 3.21. The second kappa shape index (κ2) is 6.81. The van der Waals surface area contributed by atoms with Crippen LogP contribution in [0.15, 0.2) is 17.8 Å². The van der Waals surface area contributed by atoms with Gasteiger partial charge in [-0.05, 0) is 19.3 Å². The Morgan fingerprint density at radius 3 is 2.80 bits per heavy atom. The summed E-state index contributed by atoms with van der Waals surface area (Å²) in [5, 5.41) is 12.1. The summed E-state index contributed by atoms with van der Waals surface area (Å²) in [5.74, 6) is 0. The van der Waals surface area contributed by atoms with Crippen molar-refractivity contribution in [3.63, 3.8) is 0 Å². The van der Waals surface area contributed by atoms with Gasteiger partial charge in [0, 0.05) is 5.33 Å². The number of nitrogens with zero attached hydrogens (tertiary/aromatic N) is 1. The molecule has 0 aromatic rings. The molecule has 0 aromatic heterocycles. The van der Waals surface area contributed by atoms with Crippen LogP contribution in [0.2, 0.25) is 0 Å². The van der Waals surface area contributed by atoms with E-state index in [9.17, 15) is 0 Å². The second-order valence-electron chi connectivity index (χ2n) is 1.98. The van der Waals surface area contributed by atoms with Gasteiger partial charge < -0.3 is 5.21 Å². The lowest BCUT2D eigenvalue weighted by Gasteiger charge is -1.96. The Kier molecular flexibility index (Phi) is 6.59. The SMILES string of the molecule is C=CCCC/C(CBr)=N/O. The molecule has 0 saturated carbocycles. The smallest absolute Gasteiger partial charge is 0.0676 e. The number of hydrogen-bond acceptors (Lipinski definition) is 2. The lowest BCUT2D eigenvalue weighted by Crippen LogP contribution is -1.98. The van der Waals surface area contributed by atoms with Gasteiger partial charge in [-0.2, -0.15) is 0 Å². The first-order chi connectivity index (χ1) is 4.85. The second-order valence-corrected chi connectivity index (χ2v) is 2.54. The normalized spacial score (nSPS) is 11.5. The highest BCUT2D eigenvalue weighted by molar-refractivity contribution is 9.09. The predicted molar refractivity (Wildman–Crippen MR) is 47.1 cm³/mol. The zero-order chi connectivity index (χ0) is 7.82. The third-order valence-corrected chi connectivity index (χ3v) is 1.82. The van der Waals surface area contributed by atoms with Gasteiger partial charge in [0.1, 0.15) is 0 Å². The van der Waals surface area contributed by atoms with Crippen LogP contribution in [0.1, 0.15) is 19.3 Å². The number of halogens is 1. The quantitative estimate of drug-likeness (QED) is 0.184. The van der Waals surface area contributed by atoms with E-state index in [0.717, 1.165) is 25.0 Å². The third-order valence-electron chi connectivity index (χ3n) is 1.17. The van der Waals surface area contributed by atoms with E-state index < -0.39 is 0 Å². The molecule has 0 aromatic carbocycles. The Morgan fingerprint density at radius 1 is 1.70 bits per heavy atom. The standard InChI is InChI=1S/C7H12BrNO/c1-2-3-4-5-7(6-8)9-10/h2,10H,1,3-6H2/b9-7-. The Balaban J connectivity index is 3.36. The zero-order valence-electron chi connectivity index (χ0n) is 5.89. The lowest BCUT2D eigenvalue weighted by atomic mass is 10.2. The number of rotatable bonds is 5. The number of unbranched alkanes of at least 4 members (excludes halogenated alkanes) is 1. The van der Waals surface area contributed by atoms with Crippen molar-refractivity contribution in [1.82, 2.24) is 0 Å². The van der Waals surface area contributed by atoms with Crippen molar-refractivity contribution in [3.05, 3.63) is 12.7 Å². The lowest BCUT2D eigenvalue weighted by molar-refractivity contribution is 0.317. The van der Waals surface area contributed by atoms with Crippen LogP contribution in [-0.4, -0.2) is 16.2 Å². The molecule has 0 bridgehead atoms. The van der Waals surface area contributed by atoms with Gasteiger partial charge in [0.05, 0.1) is 5.71 Å². The highest BCUT2D eigenvalue weighted by Crippen LogP contribution is 2.00. The number of allylic oxidation sites excluding steroid dienone is 1. The van der Waals surface area contributed by atoms with Gasteiger partial charge in [-0.25, -0.2) is 0 Å². The molecule has 0 aliphatic rings. The van der Waals surface area contributed by atoms with Gasteiger partial charge >= 0.3 is 0 Å². The zero-order valence-corrected chi connectivity index (χ0v) is 7.47. The average molecular weight is 206 g/mol. The maximum absolute atomic E-state index is 8.36. The van der Waals surface area contributed by atoms with Crippen LogP contribution in [0.3, 0.4) is 0 Å². The van der Waals surface area contributed by atoms with Crippen LogP contribution in [0, 0.1) is 0 Å². The fourth-order valence-corrected chi connectivity index (χ4v) is 0.987. The molecule has 0 unspecified atom stereocenters. The first-order valence-corrected chi connectivity index (χ1v) is 4.34. The van der Waals surface area contributed by atoms with Gasteiger partial charge in [0.2, 0.25) is 0 Å². The number of alkyl halides is 1. The number of hydrogen-bond donors (Lipinski definition) is 1. The van der Waals surface area contributed by atoms with Gasteiger partial charge in [-0.1, -0.05) is 27.2 Å². The van der Waals surface area contributed by atoms with Crippen LogP contribution >= 0.6 is 15.9 Å². The van der Waals surface area contributed by atoms with Crippen molar-refractivity contribution in [2.45, 2.75) is 19.3 Å². The molecule has 0 spiro atoms. The summed E-state index contributed by atoms with van der Waals surface area (Å²) in [5.41, 5.74) is 0.793. The summed E-state index contributed by atoms with van der Waals surface area (Å²) < 4.78 is 0. The van der Waals surface area contributed by atoms with E-state index in [1.165, 1.54) is 0 Å². The highest BCUT2D eigenvalue weighted by Gasteiger charge is 1.95. The fourth-order valence-electron chi connectivity index (χ4n) is 0.594. The summed E-state index contributed by atoms with van der Waals surface area (Å²) in [6.45, 7) is 3.60. The van der Waals surface area contributed by atoms with Crippen LogP contribution in [-0.2, 0) is 0 Å². The molecule has 0 rings (SSSR count). The summed E-state index contributed by atoms with van der Waals surface area (Å²) in [6, 6.07) is 0. The largest absolute Gasteiger partial charge is 0.411 e. The van der Waals surface area contributed by atoms with E-state index in [2.05, 4.69) is 27.7 Å². The van der Waals surface area contributed by atoms with Crippen LogP contribution in [0.25, 0.3) is 0 Å². The van der Waals surface area contributed by atoms with Gasteiger partial charge in [-0.3, -0.25) is 0 Å². The van der Waals surface area contributed by atoms with E-state index in [4.69, 9.17) is 5.21 Å².